The Hall–Kier alpha value is -1.80. The monoisotopic (exact) mass is 317 g/mol. The number of ether oxygens (including phenoxy) is 2. The Labute approximate surface area is 123 Å². The zero-order chi connectivity index (χ0) is 15.9. The van der Waals surface area contributed by atoms with Crippen LogP contribution in [0.1, 0.15) is 13.8 Å². The third-order valence-electron chi connectivity index (χ3n) is 2.29. The fourth-order valence-electron chi connectivity index (χ4n) is 1.39. The lowest BCUT2D eigenvalue weighted by Crippen LogP contribution is -2.21. The van der Waals surface area contributed by atoms with Crippen LogP contribution in [0.2, 0.25) is 0 Å². The van der Waals surface area contributed by atoms with Gasteiger partial charge in [-0.25, -0.2) is 13.2 Å². The van der Waals surface area contributed by atoms with Crippen LogP contribution in [-0.4, -0.2) is 44.6 Å². The molecule has 0 saturated heterocycles. The Morgan fingerprint density at radius 2 is 1.90 bits per heavy atom. The van der Waals surface area contributed by atoms with E-state index in [2.05, 4.69) is 4.72 Å². The Balaban J connectivity index is 2.52. The normalized spacial score (nSPS) is 11.4. The minimum Gasteiger partial charge on any atom is -0.482 e. The molecule has 0 spiro atoms. The number of hydrogen-bond acceptors (Lipinski definition) is 5. The van der Waals surface area contributed by atoms with E-state index >= 15 is 0 Å². The molecule has 21 heavy (non-hydrogen) atoms. The number of carboxylic acid groups (broad SMARTS) is 1. The Morgan fingerprint density at radius 3 is 2.43 bits per heavy atom. The van der Waals surface area contributed by atoms with Crippen LogP contribution in [0, 0.1) is 0 Å². The first-order chi connectivity index (χ1) is 9.78. The number of nitrogens with one attached hydrogen (secondary N) is 1. The van der Waals surface area contributed by atoms with Gasteiger partial charge in [0.1, 0.15) is 5.75 Å². The van der Waals surface area contributed by atoms with E-state index in [1.165, 1.54) is 24.3 Å². The van der Waals surface area contributed by atoms with Crippen molar-refractivity contribution in [2.45, 2.75) is 20.0 Å². The summed E-state index contributed by atoms with van der Waals surface area (Å²) >= 11 is 0. The topological polar surface area (TPSA) is 102 Å². The van der Waals surface area contributed by atoms with Gasteiger partial charge in [-0.1, -0.05) is 0 Å². The smallest absolute Gasteiger partial charge is 0.341 e. The number of sulfonamides is 1. The van der Waals surface area contributed by atoms with Crippen molar-refractivity contribution in [3.05, 3.63) is 24.3 Å². The van der Waals surface area contributed by atoms with E-state index < -0.39 is 22.6 Å². The number of carbonyl (C=O) groups is 1. The maximum absolute atomic E-state index is 11.8. The van der Waals surface area contributed by atoms with Gasteiger partial charge in [0.25, 0.3) is 0 Å². The molecule has 8 heteroatoms. The summed E-state index contributed by atoms with van der Waals surface area (Å²) in [5.41, 5.74) is 0.377. The molecule has 1 rings (SSSR count). The third kappa shape index (κ3) is 7.52. The zero-order valence-electron chi connectivity index (χ0n) is 11.9. The van der Waals surface area contributed by atoms with Crippen LogP contribution in [0.4, 0.5) is 5.69 Å². The minimum atomic E-state index is -3.48. The van der Waals surface area contributed by atoms with Crippen molar-refractivity contribution in [3.8, 4) is 5.75 Å². The molecule has 1 aromatic carbocycles. The summed E-state index contributed by atoms with van der Waals surface area (Å²) in [5, 5.41) is 8.48. The SMILES string of the molecule is CC(C)OCCS(=O)(=O)Nc1ccc(OCC(=O)O)cc1. The van der Waals surface area contributed by atoms with Crippen molar-refractivity contribution in [1.29, 1.82) is 0 Å². The quantitative estimate of drug-likeness (QED) is 0.712. The molecule has 0 bridgehead atoms. The molecule has 7 nitrogen and oxygen atoms in total. The molecule has 118 valence electrons. The summed E-state index contributed by atoms with van der Waals surface area (Å²) in [6.07, 6.45) is -0.0223. The second-order valence-corrected chi connectivity index (χ2v) is 6.39. The summed E-state index contributed by atoms with van der Waals surface area (Å²) in [7, 11) is -3.48. The zero-order valence-corrected chi connectivity index (χ0v) is 12.7. The van der Waals surface area contributed by atoms with Crippen molar-refractivity contribution in [1.82, 2.24) is 0 Å². The van der Waals surface area contributed by atoms with E-state index in [-0.39, 0.29) is 18.5 Å². The molecule has 2 N–H and O–H groups in total. The fourth-order valence-corrected chi connectivity index (χ4v) is 2.30. The van der Waals surface area contributed by atoms with E-state index in [0.717, 1.165) is 0 Å². The van der Waals surface area contributed by atoms with Gasteiger partial charge in [-0.15, -0.1) is 0 Å². The Kier molecular flexibility index (Phi) is 6.44. The summed E-state index contributed by atoms with van der Waals surface area (Å²) in [6.45, 7) is 3.33. The third-order valence-corrected chi connectivity index (χ3v) is 3.54. The predicted octanol–water partition coefficient (Wildman–Crippen LogP) is 1.32. The van der Waals surface area contributed by atoms with E-state index in [0.29, 0.717) is 11.4 Å². The van der Waals surface area contributed by atoms with E-state index in [4.69, 9.17) is 14.6 Å². The second-order valence-electron chi connectivity index (χ2n) is 4.55. The number of hydrogen-bond donors (Lipinski definition) is 2. The molecule has 0 aliphatic rings. The first-order valence-corrected chi connectivity index (χ1v) is 8.00. The molecule has 0 atom stereocenters. The molecule has 0 amide bonds. The number of carboxylic acids is 1. The summed E-state index contributed by atoms with van der Waals surface area (Å²) in [5.74, 6) is -0.865. The summed E-state index contributed by atoms with van der Waals surface area (Å²) in [4.78, 5) is 10.3. The molecule has 0 fully saturated rings. The highest BCUT2D eigenvalue weighted by Crippen LogP contribution is 2.16. The van der Waals surface area contributed by atoms with Crippen molar-refractivity contribution in [2.75, 3.05) is 23.7 Å². The van der Waals surface area contributed by atoms with Gasteiger partial charge < -0.3 is 14.6 Å². The maximum Gasteiger partial charge on any atom is 0.341 e. The summed E-state index contributed by atoms with van der Waals surface area (Å²) < 4.78 is 36.1. The van der Waals surface area contributed by atoms with Gasteiger partial charge in [0.2, 0.25) is 10.0 Å². The Morgan fingerprint density at radius 1 is 1.29 bits per heavy atom. The van der Waals surface area contributed by atoms with Crippen LogP contribution in [0.15, 0.2) is 24.3 Å². The predicted molar refractivity (Wildman–Crippen MR) is 78.1 cm³/mol. The van der Waals surface area contributed by atoms with E-state index in [1.807, 2.05) is 13.8 Å². The summed E-state index contributed by atoms with van der Waals surface area (Å²) in [6, 6.07) is 5.98. The second kappa shape index (κ2) is 7.84. The van der Waals surface area contributed by atoms with Gasteiger partial charge in [-0.2, -0.15) is 0 Å². The average Bonchev–Trinajstić information content (AvgIpc) is 2.36. The van der Waals surface area contributed by atoms with Gasteiger partial charge in [0.15, 0.2) is 6.61 Å². The number of rotatable bonds is 9. The van der Waals surface area contributed by atoms with Crippen LogP contribution in [0.25, 0.3) is 0 Å². The molecular formula is C13H19NO6S. The number of aliphatic carboxylic acids is 1. The largest absolute Gasteiger partial charge is 0.482 e. The van der Waals surface area contributed by atoms with Gasteiger partial charge >= 0.3 is 5.97 Å². The highest BCUT2D eigenvalue weighted by Gasteiger charge is 2.11. The lowest BCUT2D eigenvalue weighted by atomic mass is 10.3. The van der Waals surface area contributed by atoms with Crippen LogP contribution in [0.3, 0.4) is 0 Å². The number of benzene rings is 1. The van der Waals surface area contributed by atoms with Gasteiger partial charge in [-0.3, -0.25) is 4.72 Å². The maximum atomic E-state index is 11.8. The van der Waals surface area contributed by atoms with Crippen LogP contribution < -0.4 is 9.46 Å². The van der Waals surface area contributed by atoms with Crippen LogP contribution in [-0.2, 0) is 19.6 Å². The molecule has 0 heterocycles. The molecule has 0 saturated carbocycles. The van der Waals surface area contributed by atoms with Crippen LogP contribution in [0.5, 0.6) is 5.75 Å². The first kappa shape index (κ1) is 17.3. The standard InChI is InChI=1S/C13H19NO6S/c1-10(2)19-7-8-21(17,18)14-11-3-5-12(6-4-11)20-9-13(15)16/h3-6,10,14H,7-9H2,1-2H3,(H,15,16). The van der Waals surface area contributed by atoms with Gasteiger partial charge in [0.05, 0.1) is 18.5 Å². The van der Waals surface area contributed by atoms with E-state index in [1.54, 1.807) is 0 Å². The lowest BCUT2D eigenvalue weighted by molar-refractivity contribution is -0.139. The average molecular weight is 317 g/mol. The van der Waals surface area contributed by atoms with Crippen LogP contribution >= 0.6 is 0 Å². The van der Waals surface area contributed by atoms with Crippen molar-refractivity contribution >= 4 is 21.7 Å². The fraction of sp³-hybridized carbons (Fsp3) is 0.462. The molecule has 1 aromatic rings. The first-order valence-electron chi connectivity index (χ1n) is 6.35. The molecule has 0 aliphatic carbocycles. The molecule has 0 unspecified atom stereocenters. The van der Waals surface area contributed by atoms with Crippen molar-refractivity contribution in [2.24, 2.45) is 0 Å². The highest BCUT2D eigenvalue weighted by molar-refractivity contribution is 7.92. The van der Waals surface area contributed by atoms with Crippen molar-refractivity contribution < 1.29 is 27.8 Å². The minimum absolute atomic E-state index is 0.0223. The molecule has 0 aromatic heterocycles. The molecule has 0 radical (unpaired) electrons. The molecule has 0 aliphatic heterocycles. The van der Waals surface area contributed by atoms with Gasteiger partial charge in [0, 0.05) is 5.69 Å². The highest BCUT2D eigenvalue weighted by atomic mass is 32.2. The van der Waals surface area contributed by atoms with Crippen molar-refractivity contribution in [3.63, 3.8) is 0 Å². The van der Waals surface area contributed by atoms with Gasteiger partial charge in [-0.05, 0) is 38.1 Å². The Bertz CT molecular complexity index is 553. The molecular weight excluding hydrogens is 298 g/mol. The van der Waals surface area contributed by atoms with E-state index in [9.17, 15) is 13.2 Å². The number of anilines is 1. The lowest BCUT2D eigenvalue weighted by Gasteiger charge is -2.10.